The number of benzene rings is 2. The monoisotopic (exact) mass is 448 g/mol. The highest BCUT2D eigenvalue weighted by Gasteiger charge is 2.20. The van der Waals surface area contributed by atoms with Crippen molar-refractivity contribution in [3.05, 3.63) is 82.3 Å². The SMILES string of the molecule is Cc1cc([C@@H](C)Nc2ccccc2S(C)(=O)=O)c2nc(-c3ccccn3)n(C)c(=O)c2c1. The zero-order valence-corrected chi connectivity index (χ0v) is 19.1. The smallest absolute Gasteiger partial charge is 0.261 e. The predicted octanol–water partition coefficient (Wildman–Crippen LogP) is 3.88. The predicted molar refractivity (Wildman–Crippen MR) is 127 cm³/mol. The number of nitrogens with one attached hydrogen (secondary N) is 1. The van der Waals surface area contributed by atoms with Crippen molar-refractivity contribution in [2.45, 2.75) is 24.8 Å². The van der Waals surface area contributed by atoms with Crippen LogP contribution < -0.4 is 10.9 Å². The van der Waals surface area contributed by atoms with Gasteiger partial charge < -0.3 is 5.32 Å². The van der Waals surface area contributed by atoms with Crippen molar-refractivity contribution < 1.29 is 8.42 Å². The van der Waals surface area contributed by atoms with Gasteiger partial charge in [-0.05, 0) is 49.7 Å². The first-order valence-corrected chi connectivity index (χ1v) is 12.0. The second kappa shape index (κ2) is 8.20. The molecule has 0 bridgehead atoms. The summed E-state index contributed by atoms with van der Waals surface area (Å²) in [5.41, 5.74) is 3.23. The average molecular weight is 449 g/mol. The third-order valence-electron chi connectivity index (χ3n) is 5.37. The lowest BCUT2D eigenvalue weighted by atomic mass is 10.0. The van der Waals surface area contributed by atoms with E-state index in [9.17, 15) is 13.2 Å². The fourth-order valence-corrected chi connectivity index (χ4v) is 4.68. The van der Waals surface area contributed by atoms with Crippen molar-refractivity contribution in [2.24, 2.45) is 7.05 Å². The first-order valence-electron chi connectivity index (χ1n) is 10.1. The molecule has 0 aliphatic rings. The minimum atomic E-state index is -3.41. The lowest BCUT2D eigenvalue weighted by Crippen LogP contribution is -2.22. The van der Waals surface area contributed by atoms with Gasteiger partial charge in [0.15, 0.2) is 15.7 Å². The largest absolute Gasteiger partial charge is 0.377 e. The van der Waals surface area contributed by atoms with Crippen molar-refractivity contribution in [1.29, 1.82) is 0 Å². The van der Waals surface area contributed by atoms with Crippen molar-refractivity contribution in [2.75, 3.05) is 11.6 Å². The number of fused-ring (bicyclic) bond motifs is 1. The Labute approximate surface area is 186 Å². The Bertz CT molecular complexity index is 1480. The highest BCUT2D eigenvalue weighted by molar-refractivity contribution is 7.90. The van der Waals surface area contributed by atoms with Gasteiger partial charge in [-0.25, -0.2) is 13.4 Å². The van der Waals surface area contributed by atoms with Crippen LogP contribution in [0.5, 0.6) is 0 Å². The van der Waals surface area contributed by atoms with Crippen LogP contribution >= 0.6 is 0 Å². The first kappa shape index (κ1) is 21.7. The number of para-hydroxylation sites is 1. The Morgan fingerprint density at radius 1 is 1.06 bits per heavy atom. The summed E-state index contributed by atoms with van der Waals surface area (Å²) in [4.78, 5) is 22.6. The normalized spacial score (nSPS) is 12.6. The van der Waals surface area contributed by atoms with Gasteiger partial charge in [-0.2, -0.15) is 0 Å². The van der Waals surface area contributed by atoms with Crippen LogP contribution in [0.2, 0.25) is 0 Å². The van der Waals surface area contributed by atoms with Crippen LogP contribution in [0.15, 0.2) is 70.5 Å². The maximum Gasteiger partial charge on any atom is 0.261 e. The quantitative estimate of drug-likeness (QED) is 0.498. The number of aromatic nitrogens is 3. The van der Waals surface area contributed by atoms with Crippen molar-refractivity contribution in [3.63, 3.8) is 0 Å². The van der Waals surface area contributed by atoms with E-state index in [4.69, 9.17) is 4.98 Å². The lowest BCUT2D eigenvalue weighted by Gasteiger charge is -2.20. The van der Waals surface area contributed by atoms with Gasteiger partial charge in [0.05, 0.1) is 27.5 Å². The molecule has 0 spiro atoms. The minimum absolute atomic E-state index is 0.163. The summed E-state index contributed by atoms with van der Waals surface area (Å²) in [6, 6.07) is 15.7. The van der Waals surface area contributed by atoms with Crippen LogP contribution in [0.4, 0.5) is 5.69 Å². The Kier molecular flexibility index (Phi) is 5.56. The van der Waals surface area contributed by atoms with Gasteiger partial charge in [0, 0.05) is 25.1 Å². The highest BCUT2D eigenvalue weighted by Crippen LogP contribution is 2.30. The first-order chi connectivity index (χ1) is 15.2. The number of nitrogens with zero attached hydrogens (tertiary/aromatic N) is 3. The van der Waals surface area contributed by atoms with Gasteiger partial charge in [0.2, 0.25) is 0 Å². The molecule has 0 aliphatic heterocycles. The maximum absolute atomic E-state index is 13.2. The van der Waals surface area contributed by atoms with E-state index in [1.165, 1.54) is 10.8 Å². The number of pyridine rings is 1. The number of sulfone groups is 1. The van der Waals surface area contributed by atoms with Gasteiger partial charge >= 0.3 is 0 Å². The molecule has 0 saturated carbocycles. The van der Waals surface area contributed by atoms with E-state index in [-0.39, 0.29) is 16.5 Å². The fourth-order valence-electron chi connectivity index (χ4n) is 3.83. The number of hydrogen-bond donors (Lipinski definition) is 1. The zero-order valence-electron chi connectivity index (χ0n) is 18.3. The molecule has 0 saturated heterocycles. The lowest BCUT2D eigenvalue weighted by molar-refractivity contribution is 0.602. The summed E-state index contributed by atoms with van der Waals surface area (Å²) in [5, 5.41) is 3.81. The standard InChI is InChI=1S/C24H24N4O3S/c1-15-13-17(16(2)26-19-9-5-6-11-21(19)32(4,30)31)22-18(14-15)24(29)28(3)23(27-22)20-10-7-8-12-25-20/h5-14,16,26H,1-4H3/t16-/m1/s1. The molecular formula is C24H24N4O3S. The Hall–Kier alpha value is -3.52. The molecule has 1 N–H and O–H groups in total. The molecule has 4 rings (SSSR count). The van der Waals surface area contributed by atoms with Crippen LogP contribution in [0, 0.1) is 6.92 Å². The van der Waals surface area contributed by atoms with E-state index >= 15 is 0 Å². The Morgan fingerprint density at radius 2 is 1.78 bits per heavy atom. The molecule has 1 atom stereocenters. The Balaban J connectivity index is 1.90. The van der Waals surface area contributed by atoms with Crippen LogP contribution in [0.1, 0.15) is 24.1 Å². The molecule has 4 aromatic rings. The van der Waals surface area contributed by atoms with Crippen LogP contribution in [-0.4, -0.2) is 29.2 Å². The topological polar surface area (TPSA) is 93.9 Å². The summed E-state index contributed by atoms with van der Waals surface area (Å²) in [6.07, 6.45) is 2.85. The van der Waals surface area contributed by atoms with E-state index in [1.54, 1.807) is 37.5 Å². The number of aryl methyl sites for hydroxylation is 1. The number of anilines is 1. The van der Waals surface area contributed by atoms with E-state index < -0.39 is 9.84 Å². The molecule has 2 aromatic heterocycles. The van der Waals surface area contributed by atoms with Gasteiger partial charge in [0.1, 0.15) is 5.69 Å². The van der Waals surface area contributed by atoms with E-state index in [2.05, 4.69) is 10.3 Å². The van der Waals surface area contributed by atoms with Crippen LogP contribution in [0.3, 0.4) is 0 Å². The molecule has 0 radical (unpaired) electrons. The average Bonchev–Trinajstić information content (AvgIpc) is 2.76. The molecule has 0 amide bonds. The van der Waals surface area contributed by atoms with Gasteiger partial charge in [0.25, 0.3) is 5.56 Å². The summed E-state index contributed by atoms with van der Waals surface area (Å²) in [5.74, 6) is 0.469. The number of hydrogen-bond acceptors (Lipinski definition) is 6. The summed E-state index contributed by atoms with van der Waals surface area (Å²) in [6.45, 7) is 3.85. The summed E-state index contributed by atoms with van der Waals surface area (Å²) in [7, 11) is -1.72. The second-order valence-electron chi connectivity index (χ2n) is 7.90. The van der Waals surface area contributed by atoms with Gasteiger partial charge in [-0.3, -0.25) is 14.3 Å². The van der Waals surface area contributed by atoms with Gasteiger partial charge in [-0.1, -0.05) is 24.3 Å². The van der Waals surface area contributed by atoms with E-state index in [0.29, 0.717) is 28.1 Å². The third-order valence-corrected chi connectivity index (χ3v) is 6.53. The minimum Gasteiger partial charge on any atom is -0.377 e. The maximum atomic E-state index is 13.2. The molecular weight excluding hydrogens is 424 g/mol. The Morgan fingerprint density at radius 3 is 2.47 bits per heavy atom. The molecule has 0 unspecified atom stereocenters. The molecule has 7 nitrogen and oxygen atoms in total. The van der Waals surface area contributed by atoms with Crippen LogP contribution in [0.25, 0.3) is 22.4 Å². The highest BCUT2D eigenvalue weighted by atomic mass is 32.2. The van der Waals surface area contributed by atoms with Crippen LogP contribution in [-0.2, 0) is 16.9 Å². The molecule has 2 aromatic carbocycles. The summed E-state index contributed by atoms with van der Waals surface area (Å²) >= 11 is 0. The van der Waals surface area contributed by atoms with E-state index in [1.807, 2.05) is 44.2 Å². The third kappa shape index (κ3) is 4.01. The molecule has 8 heteroatoms. The summed E-state index contributed by atoms with van der Waals surface area (Å²) < 4.78 is 25.9. The molecule has 2 heterocycles. The van der Waals surface area contributed by atoms with Crippen molar-refractivity contribution >= 4 is 26.4 Å². The zero-order chi connectivity index (χ0) is 23.0. The van der Waals surface area contributed by atoms with Gasteiger partial charge in [-0.15, -0.1) is 0 Å². The van der Waals surface area contributed by atoms with Crippen molar-refractivity contribution in [1.82, 2.24) is 14.5 Å². The molecule has 164 valence electrons. The number of rotatable bonds is 5. The second-order valence-corrected chi connectivity index (χ2v) is 9.88. The van der Waals surface area contributed by atoms with E-state index in [0.717, 1.165) is 11.1 Å². The molecule has 0 fully saturated rings. The molecule has 32 heavy (non-hydrogen) atoms. The van der Waals surface area contributed by atoms with Crippen molar-refractivity contribution in [3.8, 4) is 11.5 Å². The fraction of sp³-hybridized carbons (Fsp3) is 0.208. The molecule has 0 aliphatic carbocycles.